The van der Waals surface area contributed by atoms with Gasteiger partial charge in [0.2, 0.25) is 5.91 Å². The standard InChI is InChI=1S/C12H21N5O2/c1-4-7(2)15-9(18)5-6-14-12(19)10-8(3)16-17-11(10)13/h7H,4-6H2,1-3H3,(H,14,19)(H,15,18)(H3,13,16,17). The Morgan fingerprint density at radius 1 is 1.47 bits per heavy atom. The van der Waals surface area contributed by atoms with Crippen molar-refractivity contribution in [1.82, 2.24) is 20.8 Å². The first-order valence-corrected chi connectivity index (χ1v) is 6.33. The van der Waals surface area contributed by atoms with Crippen LogP contribution in [-0.2, 0) is 4.79 Å². The van der Waals surface area contributed by atoms with Crippen molar-refractivity contribution in [2.24, 2.45) is 0 Å². The van der Waals surface area contributed by atoms with Crippen molar-refractivity contribution in [3.8, 4) is 0 Å². The van der Waals surface area contributed by atoms with Gasteiger partial charge in [-0.2, -0.15) is 5.10 Å². The largest absolute Gasteiger partial charge is 0.382 e. The topological polar surface area (TPSA) is 113 Å². The molecule has 2 amide bonds. The van der Waals surface area contributed by atoms with Crippen LogP contribution in [0.1, 0.15) is 42.7 Å². The predicted octanol–water partition coefficient (Wildman–Crippen LogP) is 0.335. The van der Waals surface area contributed by atoms with Crippen molar-refractivity contribution >= 4 is 17.6 Å². The summed E-state index contributed by atoms with van der Waals surface area (Å²) in [4.78, 5) is 23.3. The number of aryl methyl sites for hydroxylation is 1. The van der Waals surface area contributed by atoms with E-state index in [1.54, 1.807) is 6.92 Å². The van der Waals surface area contributed by atoms with E-state index in [1.165, 1.54) is 0 Å². The Morgan fingerprint density at radius 2 is 2.16 bits per heavy atom. The van der Waals surface area contributed by atoms with Gasteiger partial charge in [-0.25, -0.2) is 0 Å². The van der Waals surface area contributed by atoms with Gasteiger partial charge in [0, 0.05) is 24.7 Å². The summed E-state index contributed by atoms with van der Waals surface area (Å²) in [6.45, 7) is 5.92. The zero-order valence-electron chi connectivity index (χ0n) is 11.5. The number of carbonyl (C=O) groups excluding carboxylic acids is 2. The van der Waals surface area contributed by atoms with Gasteiger partial charge >= 0.3 is 0 Å². The maximum Gasteiger partial charge on any atom is 0.256 e. The summed E-state index contributed by atoms with van der Waals surface area (Å²) < 4.78 is 0. The summed E-state index contributed by atoms with van der Waals surface area (Å²) in [6.07, 6.45) is 1.12. The number of aromatic amines is 1. The molecule has 0 radical (unpaired) electrons. The third-order valence-corrected chi connectivity index (χ3v) is 2.86. The molecule has 5 N–H and O–H groups in total. The van der Waals surface area contributed by atoms with E-state index in [0.717, 1.165) is 6.42 Å². The SMILES string of the molecule is CCC(C)NC(=O)CCNC(=O)c1c(N)n[nH]c1C. The smallest absolute Gasteiger partial charge is 0.256 e. The Bertz CT molecular complexity index is 435. The molecule has 1 aromatic heterocycles. The number of anilines is 1. The Morgan fingerprint density at radius 3 is 2.68 bits per heavy atom. The van der Waals surface area contributed by atoms with Crippen molar-refractivity contribution in [2.45, 2.75) is 39.7 Å². The van der Waals surface area contributed by atoms with Crippen LogP contribution in [0.15, 0.2) is 0 Å². The van der Waals surface area contributed by atoms with Crippen LogP contribution in [0.25, 0.3) is 0 Å². The molecule has 0 bridgehead atoms. The van der Waals surface area contributed by atoms with Crippen LogP contribution < -0.4 is 16.4 Å². The molecule has 1 heterocycles. The van der Waals surface area contributed by atoms with E-state index in [2.05, 4.69) is 20.8 Å². The number of H-pyrrole nitrogens is 1. The Labute approximate surface area is 112 Å². The first-order valence-electron chi connectivity index (χ1n) is 6.33. The number of nitrogens with one attached hydrogen (secondary N) is 3. The summed E-state index contributed by atoms with van der Waals surface area (Å²) in [5.74, 6) is -0.231. The number of amides is 2. The number of rotatable bonds is 6. The molecule has 0 aromatic carbocycles. The van der Waals surface area contributed by atoms with Crippen molar-refractivity contribution in [1.29, 1.82) is 0 Å². The molecule has 1 unspecified atom stereocenters. The summed E-state index contributed by atoms with van der Waals surface area (Å²) in [5, 5.41) is 11.9. The Hall–Kier alpha value is -2.05. The lowest BCUT2D eigenvalue weighted by Crippen LogP contribution is -2.35. The van der Waals surface area contributed by atoms with Crippen LogP contribution in [0.4, 0.5) is 5.82 Å². The highest BCUT2D eigenvalue weighted by Crippen LogP contribution is 2.11. The molecule has 0 fully saturated rings. The second kappa shape index (κ2) is 6.77. The number of hydrogen-bond donors (Lipinski definition) is 4. The molecule has 1 rings (SSSR count). The molecular weight excluding hydrogens is 246 g/mol. The lowest BCUT2D eigenvalue weighted by atomic mass is 10.2. The highest BCUT2D eigenvalue weighted by molar-refractivity contribution is 5.99. The van der Waals surface area contributed by atoms with Crippen LogP contribution in [-0.4, -0.2) is 34.6 Å². The van der Waals surface area contributed by atoms with E-state index < -0.39 is 0 Å². The van der Waals surface area contributed by atoms with Gasteiger partial charge in [0.1, 0.15) is 5.56 Å². The van der Waals surface area contributed by atoms with Gasteiger partial charge in [0.15, 0.2) is 5.82 Å². The van der Waals surface area contributed by atoms with Crippen molar-refractivity contribution < 1.29 is 9.59 Å². The molecule has 19 heavy (non-hydrogen) atoms. The summed E-state index contributed by atoms with van der Waals surface area (Å²) in [7, 11) is 0. The average molecular weight is 267 g/mol. The molecular formula is C12H21N5O2. The van der Waals surface area contributed by atoms with E-state index in [9.17, 15) is 9.59 Å². The normalized spacial score (nSPS) is 11.9. The minimum absolute atomic E-state index is 0.0773. The minimum atomic E-state index is -0.319. The fourth-order valence-corrected chi connectivity index (χ4v) is 1.56. The Kier molecular flexibility index (Phi) is 5.35. The van der Waals surface area contributed by atoms with Crippen molar-refractivity contribution in [3.05, 3.63) is 11.3 Å². The van der Waals surface area contributed by atoms with Gasteiger partial charge < -0.3 is 16.4 Å². The van der Waals surface area contributed by atoms with E-state index >= 15 is 0 Å². The molecule has 106 valence electrons. The summed E-state index contributed by atoms with van der Waals surface area (Å²) in [6, 6.07) is 0.148. The van der Waals surface area contributed by atoms with Crippen LogP contribution in [0.3, 0.4) is 0 Å². The van der Waals surface area contributed by atoms with E-state index in [1.807, 2.05) is 13.8 Å². The summed E-state index contributed by atoms with van der Waals surface area (Å²) >= 11 is 0. The van der Waals surface area contributed by atoms with E-state index in [0.29, 0.717) is 11.3 Å². The molecule has 0 saturated heterocycles. The third-order valence-electron chi connectivity index (χ3n) is 2.86. The molecule has 0 aliphatic heterocycles. The number of nitrogens with zero attached hydrogens (tertiary/aromatic N) is 1. The minimum Gasteiger partial charge on any atom is -0.382 e. The van der Waals surface area contributed by atoms with E-state index in [-0.39, 0.29) is 36.6 Å². The van der Waals surface area contributed by atoms with E-state index in [4.69, 9.17) is 5.73 Å². The number of hydrogen-bond acceptors (Lipinski definition) is 4. The number of aromatic nitrogens is 2. The van der Waals surface area contributed by atoms with Gasteiger partial charge in [-0.3, -0.25) is 14.7 Å². The molecule has 0 spiro atoms. The second-order valence-electron chi connectivity index (χ2n) is 4.49. The second-order valence-corrected chi connectivity index (χ2v) is 4.49. The van der Waals surface area contributed by atoms with Gasteiger partial charge in [0.25, 0.3) is 5.91 Å². The van der Waals surface area contributed by atoms with Crippen molar-refractivity contribution in [2.75, 3.05) is 12.3 Å². The molecule has 0 saturated carbocycles. The number of carbonyl (C=O) groups is 2. The van der Waals surface area contributed by atoms with Crippen LogP contribution in [0.2, 0.25) is 0 Å². The van der Waals surface area contributed by atoms with Gasteiger partial charge in [-0.05, 0) is 20.3 Å². The maximum atomic E-state index is 11.8. The number of nitrogen functional groups attached to an aromatic ring is 1. The highest BCUT2D eigenvalue weighted by atomic mass is 16.2. The first kappa shape index (κ1) is 15.0. The number of nitrogens with two attached hydrogens (primary N) is 1. The highest BCUT2D eigenvalue weighted by Gasteiger charge is 2.15. The zero-order chi connectivity index (χ0) is 14.4. The fourth-order valence-electron chi connectivity index (χ4n) is 1.56. The quantitative estimate of drug-likeness (QED) is 0.595. The average Bonchev–Trinajstić information content (AvgIpc) is 2.68. The molecule has 1 atom stereocenters. The zero-order valence-corrected chi connectivity index (χ0v) is 11.5. The third kappa shape index (κ3) is 4.27. The molecule has 7 nitrogen and oxygen atoms in total. The lowest BCUT2D eigenvalue weighted by Gasteiger charge is -2.11. The first-order chi connectivity index (χ1) is 8.95. The molecule has 0 aliphatic carbocycles. The monoisotopic (exact) mass is 267 g/mol. The fraction of sp³-hybridized carbons (Fsp3) is 0.583. The van der Waals surface area contributed by atoms with Crippen LogP contribution in [0, 0.1) is 6.92 Å². The van der Waals surface area contributed by atoms with Crippen LogP contribution >= 0.6 is 0 Å². The van der Waals surface area contributed by atoms with Crippen molar-refractivity contribution in [3.63, 3.8) is 0 Å². The lowest BCUT2D eigenvalue weighted by molar-refractivity contribution is -0.121. The Balaban J connectivity index is 2.38. The molecule has 7 heteroatoms. The van der Waals surface area contributed by atoms with Gasteiger partial charge in [-0.15, -0.1) is 0 Å². The van der Waals surface area contributed by atoms with Gasteiger partial charge in [0.05, 0.1) is 0 Å². The molecule has 0 aliphatic rings. The molecule has 1 aromatic rings. The van der Waals surface area contributed by atoms with Gasteiger partial charge in [-0.1, -0.05) is 6.92 Å². The maximum absolute atomic E-state index is 11.8. The predicted molar refractivity (Wildman–Crippen MR) is 72.6 cm³/mol. The van der Waals surface area contributed by atoms with Crippen LogP contribution in [0.5, 0.6) is 0 Å². The summed E-state index contributed by atoms with van der Waals surface area (Å²) in [5.41, 5.74) is 6.52.